The lowest BCUT2D eigenvalue weighted by molar-refractivity contribution is -0.129. The monoisotopic (exact) mass is 601 g/mol. The molecule has 2 N–H and O–H groups in total. The number of carbonyl (C=O) groups excluding carboxylic acids is 2. The van der Waals surface area contributed by atoms with Gasteiger partial charge in [0.25, 0.3) is 5.91 Å². The van der Waals surface area contributed by atoms with E-state index in [0.717, 1.165) is 12.8 Å². The summed E-state index contributed by atoms with van der Waals surface area (Å²) in [6.07, 6.45) is 0.124. The molecule has 41 heavy (non-hydrogen) atoms. The van der Waals surface area contributed by atoms with Crippen molar-refractivity contribution < 1.29 is 29.3 Å². The van der Waals surface area contributed by atoms with Gasteiger partial charge in [-0.25, -0.2) is 9.59 Å². The standard InChI is InChI=1S/C30H33Cl2N3O6/c1-30(2,3)41-29(40)33-15-20-13-22(17-7-11-21(36)12-8-17)25(24(16-33)35(20)28(38)39)27(37)34(19-9-10-19)14-18-5-4-6-23(31)26(18)32/h4-8,11-12,19-20,24,36H,9-10,13-16H2,1-3H3,(H,38,39). The minimum Gasteiger partial charge on any atom is -0.508 e. The Morgan fingerprint density at radius 2 is 1.73 bits per heavy atom. The summed E-state index contributed by atoms with van der Waals surface area (Å²) in [5, 5.41) is 21.0. The zero-order chi connectivity index (χ0) is 29.6. The topological polar surface area (TPSA) is 111 Å². The molecule has 2 aromatic rings. The molecule has 3 aliphatic rings. The Kier molecular flexibility index (Phi) is 7.87. The molecule has 1 saturated carbocycles. The maximum Gasteiger partial charge on any atom is 0.410 e. The number of aromatic hydroxyl groups is 1. The van der Waals surface area contributed by atoms with Gasteiger partial charge in [0.2, 0.25) is 0 Å². The van der Waals surface area contributed by atoms with Crippen LogP contribution in [0.25, 0.3) is 5.57 Å². The van der Waals surface area contributed by atoms with Crippen molar-refractivity contribution in [3.05, 3.63) is 69.2 Å². The number of ether oxygens (including phenoxy) is 1. The number of piperazine rings is 1. The van der Waals surface area contributed by atoms with Gasteiger partial charge >= 0.3 is 12.2 Å². The minimum absolute atomic E-state index is 0.0310. The number of amides is 3. The third kappa shape index (κ3) is 6.11. The first kappa shape index (κ1) is 29.1. The summed E-state index contributed by atoms with van der Waals surface area (Å²) in [6.45, 7) is 5.61. The van der Waals surface area contributed by atoms with E-state index >= 15 is 0 Å². The van der Waals surface area contributed by atoms with Gasteiger partial charge in [0.05, 0.1) is 22.1 Å². The summed E-state index contributed by atoms with van der Waals surface area (Å²) in [5.74, 6) is -0.232. The van der Waals surface area contributed by atoms with Crippen molar-refractivity contribution in [1.29, 1.82) is 0 Å². The highest BCUT2D eigenvalue weighted by Gasteiger charge is 2.50. The SMILES string of the molecule is CC(C)(C)OC(=O)N1CC2CC(c3ccc(O)cc3)=C(C(=O)N(Cc3cccc(Cl)c3Cl)C3CC3)C(C1)N2C(=O)O. The molecular weight excluding hydrogens is 569 g/mol. The molecule has 2 aromatic carbocycles. The van der Waals surface area contributed by atoms with E-state index < -0.39 is 29.9 Å². The number of hydrogen-bond acceptors (Lipinski definition) is 5. The smallest absolute Gasteiger partial charge is 0.410 e. The number of phenols is 1. The van der Waals surface area contributed by atoms with Crippen LogP contribution in [-0.2, 0) is 16.1 Å². The number of hydrogen-bond donors (Lipinski definition) is 2. The van der Waals surface area contributed by atoms with Crippen LogP contribution < -0.4 is 0 Å². The van der Waals surface area contributed by atoms with Crippen molar-refractivity contribution in [2.75, 3.05) is 13.1 Å². The number of benzene rings is 2. The van der Waals surface area contributed by atoms with Crippen LogP contribution in [-0.4, -0.2) is 79.8 Å². The van der Waals surface area contributed by atoms with Crippen LogP contribution in [0.2, 0.25) is 10.0 Å². The summed E-state index contributed by atoms with van der Waals surface area (Å²) in [7, 11) is 0. The maximum atomic E-state index is 14.6. The molecule has 0 spiro atoms. The van der Waals surface area contributed by atoms with Gasteiger partial charge in [-0.15, -0.1) is 0 Å². The molecule has 0 radical (unpaired) electrons. The molecule has 2 bridgehead atoms. The average Bonchev–Trinajstić information content (AvgIpc) is 3.73. The second-order valence-electron chi connectivity index (χ2n) is 11.8. The number of phenolic OH excluding ortho intramolecular Hbond substituents is 1. The van der Waals surface area contributed by atoms with Crippen LogP contribution in [0.1, 0.15) is 51.2 Å². The van der Waals surface area contributed by atoms with Crippen LogP contribution in [0, 0.1) is 0 Å². The number of nitrogens with zero attached hydrogens (tertiary/aromatic N) is 3. The van der Waals surface area contributed by atoms with Crippen molar-refractivity contribution in [3.8, 4) is 5.75 Å². The predicted molar refractivity (Wildman–Crippen MR) is 155 cm³/mol. The second kappa shape index (κ2) is 11.1. The Hall–Kier alpha value is -3.43. The minimum atomic E-state index is -1.16. The Labute approximate surface area is 248 Å². The molecule has 11 heteroatoms. The normalized spacial score (nSPS) is 20.6. The zero-order valence-electron chi connectivity index (χ0n) is 23.1. The molecule has 1 saturated heterocycles. The quantitative estimate of drug-likeness (QED) is 0.434. The zero-order valence-corrected chi connectivity index (χ0v) is 24.7. The molecule has 9 nitrogen and oxygen atoms in total. The van der Waals surface area contributed by atoms with Gasteiger partial charge in [0.1, 0.15) is 11.4 Å². The van der Waals surface area contributed by atoms with Crippen molar-refractivity contribution in [2.24, 2.45) is 0 Å². The molecule has 2 fully saturated rings. The largest absolute Gasteiger partial charge is 0.508 e. The molecule has 2 heterocycles. The number of halogens is 2. The number of carboxylic acid groups (broad SMARTS) is 1. The summed E-state index contributed by atoms with van der Waals surface area (Å²) >= 11 is 12.8. The second-order valence-corrected chi connectivity index (χ2v) is 12.6. The molecule has 2 aliphatic heterocycles. The van der Waals surface area contributed by atoms with Crippen LogP contribution in [0.15, 0.2) is 48.0 Å². The molecular formula is C30H33Cl2N3O6. The van der Waals surface area contributed by atoms with Gasteiger partial charge in [-0.05, 0) is 74.9 Å². The summed E-state index contributed by atoms with van der Waals surface area (Å²) < 4.78 is 5.61. The summed E-state index contributed by atoms with van der Waals surface area (Å²) in [5.41, 5.74) is 1.69. The highest BCUT2D eigenvalue weighted by Crippen LogP contribution is 2.42. The van der Waals surface area contributed by atoms with E-state index in [2.05, 4.69) is 0 Å². The van der Waals surface area contributed by atoms with Crippen molar-refractivity contribution in [2.45, 2.75) is 70.3 Å². The predicted octanol–water partition coefficient (Wildman–Crippen LogP) is 6.02. The average molecular weight is 603 g/mol. The molecule has 5 rings (SSSR count). The Morgan fingerprint density at radius 1 is 1.05 bits per heavy atom. The Morgan fingerprint density at radius 3 is 2.34 bits per heavy atom. The summed E-state index contributed by atoms with van der Waals surface area (Å²) in [4.78, 5) is 44.8. The van der Waals surface area contributed by atoms with Crippen LogP contribution in [0.4, 0.5) is 9.59 Å². The first-order chi connectivity index (χ1) is 19.3. The van der Waals surface area contributed by atoms with Gasteiger partial charge in [-0.3, -0.25) is 9.69 Å². The lowest BCUT2D eigenvalue weighted by atomic mass is 9.81. The van der Waals surface area contributed by atoms with E-state index in [-0.39, 0.29) is 43.8 Å². The number of rotatable bonds is 5. The fourth-order valence-electron chi connectivity index (χ4n) is 5.64. The molecule has 2 unspecified atom stereocenters. The molecule has 218 valence electrons. The van der Waals surface area contributed by atoms with Crippen molar-refractivity contribution >= 4 is 46.9 Å². The van der Waals surface area contributed by atoms with Gasteiger partial charge in [-0.2, -0.15) is 0 Å². The molecule has 2 atom stereocenters. The van der Waals surface area contributed by atoms with E-state index in [0.29, 0.717) is 32.3 Å². The maximum absolute atomic E-state index is 14.6. The van der Waals surface area contributed by atoms with Crippen LogP contribution >= 0.6 is 23.2 Å². The number of carbonyl (C=O) groups is 3. The lowest BCUT2D eigenvalue weighted by Crippen LogP contribution is -2.65. The highest BCUT2D eigenvalue weighted by atomic mass is 35.5. The van der Waals surface area contributed by atoms with Gasteiger partial charge in [-0.1, -0.05) is 47.5 Å². The molecule has 3 amide bonds. The third-order valence-electron chi connectivity index (χ3n) is 7.59. The summed E-state index contributed by atoms with van der Waals surface area (Å²) in [6, 6.07) is 10.3. The van der Waals surface area contributed by atoms with Crippen molar-refractivity contribution in [3.63, 3.8) is 0 Å². The van der Waals surface area contributed by atoms with Gasteiger partial charge in [0, 0.05) is 31.2 Å². The van der Waals surface area contributed by atoms with Gasteiger partial charge < -0.3 is 24.7 Å². The first-order valence-corrected chi connectivity index (χ1v) is 14.3. The Bertz CT molecular complexity index is 1400. The third-order valence-corrected chi connectivity index (χ3v) is 8.45. The highest BCUT2D eigenvalue weighted by molar-refractivity contribution is 6.42. The van der Waals surface area contributed by atoms with E-state index in [9.17, 15) is 24.6 Å². The first-order valence-electron chi connectivity index (χ1n) is 13.6. The fourth-order valence-corrected chi connectivity index (χ4v) is 6.02. The van der Waals surface area contributed by atoms with Crippen LogP contribution in [0.5, 0.6) is 5.75 Å². The molecule has 0 aromatic heterocycles. The van der Waals surface area contributed by atoms with Crippen LogP contribution in [0.3, 0.4) is 0 Å². The molecule has 1 aliphatic carbocycles. The fraction of sp³-hybridized carbons (Fsp3) is 0.433. The van der Waals surface area contributed by atoms with E-state index in [4.69, 9.17) is 27.9 Å². The van der Waals surface area contributed by atoms with E-state index in [1.807, 2.05) is 6.07 Å². The Balaban J connectivity index is 1.60. The lowest BCUT2D eigenvalue weighted by Gasteiger charge is -2.50. The van der Waals surface area contributed by atoms with E-state index in [1.54, 1.807) is 62.1 Å². The van der Waals surface area contributed by atoms with E-state index in [1.165, 1.54) is 9.80 Å². The number of fused-ring (bicyclic) bond motifs is 2. The van der Waals surface area contributed by atoms with Crippen molar-refractivity contribution in [1.82, 2.24) is 14.7 Å². The van der Waals surface area contributed by atoms with Gasteiger partial charge in [0.15, 0.2) is 0 Å².